The number of amides is 2. The molecule has 0 aliphatic carbocycles. The van der Waals surface area contributed by atoms with Crippen LogP contribution in [0, 0.1) is 0 Å². The van der Waals surface area contributed by atoms with Gasteiger partial charge in [-0.15, -0.1) is 11.3 Å². The summed E-state index contributed by atoms with van der Waals surface area (Å²) in [6, 6.07) is 3.45. The monoisotopic (exact) mass is 285 g/mol. The van der Waals surface area contributed by atoms with Crippen LogP contribution in [0.4, 0.5) is 0 Å². The van der Waals surface area contributed by atoms with Gasteiger partial charge in [0.15, 0.2) is 0 Å². The van der Waals surface area contributed by atoms with E-state index in [2.05, 4.69) is 10.9 Å². The Balaban J connectivity index is 2.22. The minimum Gasteiger partial charge on any atom is -0.393 e. The quantitative estimate of drug-likeness (QED) is 0.653. The molecular formula is C12H19N3O3S. The van der Waals surface area contributed by atoms with Crippen LogP contribution in [0.5, 0.6) is 0 Å². The Bertz CT molecular complexity index is 406. The SMILES string of the molecule is CC(O)CCN(C)CC(=O)NNC(=O)c1cccs1. The van der Waals surface area contributed by atoms with Crippen LogP contribution < -0.4 is 10.9 Å². The Morgan fingerprint density at radius 3 is 2.79 bits per heavy atom. The highest BCUT2D eigenvalue weighted by molar-refractivity contribution is 7.12. The third-order valence-electron chi connectivity index (χ3n) is 2.40. The first kappa shape index (κ1) is 15.6. The molecule has 0 fully saturated rings. The van der Waals surface area contributed by atoms with Crippen molar-refractivity contribution in [3.05, 3.63) is 22.4 Å². The van der Waals surface area contributed by atoms with Crippen molar-refractivity contribution in [2.24, 2.45) is 0 Å². The topological polar surface area (TPSA) is 81.7 Å². The molecule has 7 heteroatoms. The molecule has 106 valence electrons. The van der Waals surface area contributed by atoms with Gasteiger partial charge in [0, 0.05) is 6.54 Å². The predicted octanol–water partition coefficient (Wildman–Crippen LogP) is 0.212. The summed E-state index contributed by atoms with van der Waals surface area (Å²) in [6.45, 7) is 2.48. The third kappa shape index (κ3) is 6.32. The lowest BCUT2D eigenvalue weighted by Gasteiger charge is -2.17. The summed E-state index contributed by atoms with van der Waals surface area (Å²) >= 11 is 1.31. The van der Waals surface area contributed by atoms with Crippen LogP contribution in [-0.4, -0.2) is 48.1 Å². The summed E-state index contributed by atoms with van der Waals surface area (Å²) in [6.07, 6.45) is 0.217. The molecule has 1 heterocycles. The first-order valence-electron chi connectivity index (χ1n) is 5.98. The molecule has 0 spiro atoms. The lowest BCUT2D eigenvalue weighted by Crippen LogP contribution is -2.45. The second-order valence-electron chi connectivity index (χ2n) is 4.36. The van der Waals surface area contributed by atoms with Crippen LogP contribution in [0.15, 0.2) is 17.5 Å². The third-order valence-corrected chi connectivity index (χ3v) is 3.27. The highest BCUT2D eigenvalue weighted by Gasteiger charge is 2.10. The molecule has 0 radical (unpaired) electrons. The van der Waals surface area contributed by atoms with Gasteiger partial charge in [0.1, 0.15) is 0 Å². The van der Waals surface area contributed by atoms with E-state index < -0.39 is 0 Å². The fourth-order valence-corrected chi connectivity index (χ4v) is 1.99. The molecule has 1 aromatic heterocycles. The second-order valence-corrected chi connectivity index (χ2v) is 5.30. The van der Waals surface area contributed by atoms with Gasteiger partial charge in [0.05, 0.1) is 17.5 Å². The van der Waals surface area contributed by atoms with Crippen molar-refractivity contribution >= 4 is 23.2 Å². The number of hydrogen-bond donors (Lipinski definition) is 3. The lowest BCUT2D eigenvalue weighted by molar-refractivity contribution is -0.122. The van der Waals surface area contributed by atoms with E-state index in [1.165, 1.54) is 11.3 Å². The number of aliphatic hydroxyl groups is 1. The van der Waals surface area contributed by atoms with Crippen molar-refractivity contribution < 1.29 is 14.7 Å². The summed E-state index contributed by atoms with van der Waals surface area (Å²) < 4.78 is 0. The van der Waals surface area contributed by atoms with Crippen LogP contribution in [0.25, 0.3) is 0 Å². The molecule has 1 unspecified atom stereocenters. The molecular weight excluding hydrogens is 266 g/mol. The van der Waals surface area contributed by atoms with Gasteiger partial charge in [-0.2, -0.15) is 0 Å². The Kier molecular flexibility index (Phi) is 6.48. The van der Waals surface area contributed by atoms with E-state index in [0.717, 1.165) is 0 Å². The molecule has 0 aliphatic heterocycles. The van der Waals surface area contributed by atoms with Gasteiger partial charge in [-0.25, -0.2) is 0 Å². The van der Waals surface area contributed by atoms with Gasteiger partial charge in [-0.1, -0.05) is 6.07 Å². The van der Waals surface area contributed by atoms with E-state index in [4.69, 9.17) is 5.11 Å². The number of likely N-dealkylation sites (N-methyl/N-ethyl adjacent to an activating group) is 1. The van der Waals surface area contributed by atoms with Crippen molar-refractivity contribution in [2.45, 2.75) is 19.4 Å². The second kappa shape index (κ2) is 7.88. The van der Waals surface area contributed by atoms with Gasteiger partial charge >= 0.3 is 0 Å². The maximum atomic E-state index is 11.5. The highest BCUT2D eigenvalue weighted by atomic mass is 32.1. The zero-order valence-electron chi connectivity index (χ0n) is 11.0. The average Bonchev–Trinajstić information content (AvgIpc) is 2.87. The first-order chi connectivity index (χ1) is 8.99. The van der Waals surface area contributed by atoms with E-state index >= 15 is 0 Å². The number of hydrazine groups is 1. The molecule has 0 aromatic carbocycles. The molecule has 0 aliphatic rings. The summed E-state index contributed by atoms with van der Waals surface area (Å²) in [5.41, 5.74) is 4.70. The number of nitrogens with one attached hydrogen (secondary N) is 2. The Morgan fingerprint density at radius 1 is 1.47 bits per heavy atom. The molecule has 1 atom stereocenters. The largest absolute Gasteiger partial charge is 0.393 e. The summed E-state index contributed by atoms with van der Waals surface area (Å²) in [7, 11) is 1.78. The van der Waals surface area contributed by atoms with E-state index in [9.17, 15) is 9.59 Å². The zero-order valence-corrected chi connectivity index (χ0v) is 11.9. The number of carbonyl (C=O) groups is 2. The van der Waals surface area contributed by atoms with Crippen LogP contribution in [0.1, 0.15) is 23.0 Å². The highest BCUT2D eigenvalue weighted by Crippen LogP contribution is 2.06. The van der Waals surface area contributed by atoms with E-state index in [1.54, 1.807) is 36.4 Å². The van der Waals surface area contributed by atoms with E-state index in [0.29, 0.717) is 17.8 Å². The van der Waals surface area contributed by atoms with Crippen molar-refractivity contribution in [1.82, 2.24) is 15.8 Å². The lowest BCUT2D eigenvalue weighted by atomic mass is 10.3. The van der Waals surface area contributed by atoms with Crippen LogP contribution in [0.3, 0.4) is 0 Å². The van der Waals surface area contributed by atoms with Gasteiger partial charge in [0.25, 0.3) is 11.8 Å². The average molecular weight is 285 g/mol. The van der Waals surface area contributed by atoms with Gasteiger partial charge in [0.2, 0.25) is 0 Å². The van der Waals surface area contributed by atoms with Crippen molar-refractivity contribution in [3.63, 3.8) is 0 Å². The fourth-order valence-electron chi connectivity index (χ4n) is 1.37. The smallest absolute Gasteiger partial charge is 0.279 e. The number of carbonyl (C=O) groups excluding carboxylic acids is 2. The van der Waals surface area contributed by atoms with Crippen molar-refractivity contribution in [1.29, 1.82) is 0 Å². The standard InChI is InChI=1S/C12H19N3O3S/c1-9(16)5-6-15(2)8-11(17)13-14-12(18)10-4-3-7-19-10/h3-4,7,9,16H,5-6,8H2,1-2H3,(H,13,17)(H,14,18). The minimum atomic E-state index is -0.385. The molecule has 0 saturated heterocycles. The molecule has 2 amide bonds. The van der Waals surface area contributed by atoms with Crippen LogP contribution in [-0.2, 0) is 4.79 Å². The van der Waals surface area contributed by atoms with E-state index in [-0.39, 0.29) is 24.5 Å². The Hall–Kier alpha value is -1.44. The number of rotatable bonds is 6. The van der Waals surface area contributed by atoms with Gasteiger partial charge in [-0.05, 0) is 31.8 Å². The molecule has 6 nitrogen and oxygen atoms in total. The van der Waals surface area contributed by atoms with Gasteiger partial charge < -0.3 is 5.11 Å². The number of aliphatic hydroxyl groups excluding tert-OH is 1. The molecule has 0 saturated carbocycles. The predicted molar refractivity (Wildman–Crippen MR) is 73.7 cm³/mol. The minimum absolute atomic E-state index is 0.164. The fraction of sp³-hybridized carbons (Fsp3) is 0.500. The molecule has 1 rings (SSSR count). The molecule has 1 aromatic rings. The number of thiophene rings is 1. The van der Waals surface area contributed by atoms with E-state index in [1.807, 2.05) is 0 Å². The maximum Gasteiger partial charge on any atom is 0.279 e. The number of hydrogen-bond acceptors (Lipinski definition) is 5. The van der Waals surface area contributed by atoms with Crippen molar-refractivity contribution in [3.8, 4) is 0 Å². The molecule has 19 heavy (non-hydrogen) atoms. The summed E-state index contributed by atoms with van der Waals surface area (Å²) in [4.78, 5) is 25.4. The Labute approximate surface area is 116 Å². The van der Waals surface area contributed by atoms with Gasteiger partial charge in [-0.3, -0.25) is 25.3 Å². The molecule has 0 bridgehead atoms. The van der Waals surface area contributed by atoms with Crippen LogP contribution >= 0.6 is 11.3 Å². The maximum absolute atomic E-state index is 11.5. The zero-order chi connectivity index (χ0) is 14.3. The Morgan fingerprint density at radius 2 is 2.21 bits per heavy atom. The van der Waals surface area contributed by atoms with Crippen molar-refractivity contribution in [2.75, 3.05) is 20.1 Å². The van der Waals surface area contributed by atoms with Crippen LogP contribution in [0.2, 0.25) is 0 Å². The summed E-state index contributed by atoms with van der Waals surface area (Å²) in [5.74, 6) is -0.618. The number of nitrogens with zero attached hydrogens (tertiary/aromatic N) is 1. The molecule has 3 N–H and O–H groups in total. The summed E-state index contributed by atoms with van der Waals surface area (Å²) in [5, 5.41) is 10.9. The first-order valence-corrected chi connectivity index (χ1v) is 6.86. The normalized spacial score (nSPS) is 12.2.